The second-order valence-corrected chi connectivity index (χ2v) is 4.40. The molecule has 0 amide bonds. The molecule has 0 N–H and O–H groups in total. The lowest BCUT2D eigenvalue weighted by Gasteiger charge is -2.09. The van der Waals surface area contributed by atoms with Crippen molar-refractivity contribution in [1.82, 2.24) is 0 Å². The number of hydrogen-bond donors (Lipinski definition) is 0. The number of hydrogen-bond acceptors (Lipinski definition) is 4. The van der Waals surface area contributed by atoms with Crippen molar-refractivity contribution in [2.24, 2.45) is 0 Å². The zero-order valence-corrected chi connectivity index (χ0v) is 10.8. The SMILES string of the molecule is O=[N+]([O-])CCc1ccc(Cl)c(CC[N+](=O)[O-])c1Cl. The van der Waals surface area contributed by atoms with Gasteiger partial charge in [0.05, 0.1) is 0 Å². The molecule has 6 nitrogen and oxygen atoms in total. The van der Waals surface area contributed by atoms with Crippen LogP contribution in [0, 0.1) is 20.2 Å². The molecule has 1 aromatic carbocycles. The zero-order valence-electron chi connectivity index (χ0n) is 9.27. The summed E-state index contributed by atoms with van der Waals surface area (Å²) in [7, 11) is 0. The summed E-state index contributed by atoms with van der Waals surface area (Å²) in [5.74, 6) is 0. The normalized spacial score (nSPS) is 10.3. The predicted molar refractivity (Wildman–Crippen MR) is 67.6 cm³/mol. The van der Waals surface area contributed by atoms with Crippen LogP contribution >= 0.6 is 23.2 Å². The van der Waals surface area contributed by atoms with Gasteiger partial charge in [0.1, 0.15) is 0 Å². The standard InChI is InChI=1S/C10H10Cl2N2O4/c11-9-2-1-7(3-5-13(15)16)10(12)8(9)4-6-14(17)18/h1-2H,3-6H2. The van der Waals surface area contributed by atoms with Gasteiger partial charge in [-0.2, -0.15) is 0 Å². The lowest BCUT2D eigenvalue weighted by molar-refractivity contribution is -0.479. The number of nitro groups is 2. The summed E-state index contributed by atoms with van der Waals surface area (Å²) in [5.41, 5.74) is 1.05. The van der Waals surface area contributed by atoms with E-state index in [-0.39, 0.29) is 31.0 Å². The lowest BCUT2D eigenvalue weighted by Crippen LogP contribution is -2.08. The molecule has 18 heavy (non-hydrogen) atoms. The van der Waals surface area contributed by atoms with Gasteiger partial charge in [-0.1, -0.05) is 29.3 Å². The highest BCUT2D eigenvalue weighted by Gasteiger charge is 2.14. The second-order valence-electron chi connectivity index (χ2n) is 3.61. The molecule has 98 valence electrons. The Bertz CT molecular complexity index is 479. The molecule has 0 fully saturated rings. The van der Waals surface area contributed by atoms with E-state index in [1.54, 1.807) is 12.1 Å². The third kappa shape index (κ3) is 4.12. The van der Waals surface area contributed by atoms with Crippen LogP contribution in [0.5, 0.6) is 0 Å². The predicted octanol–water partition coefficient (Wildman–Crippen LogP) is 2.63. The van der Waals surface area contributed by atoms with Crippen LogP contribution in [0.2, 0.25) is 10.0 Å². The van der Waals surface area contributed by atoms with Gasteiger partial charge >= 0.3 is 0 Å². The fourth-order valence-electron chi connectivity index (χ4n) is 1.48. The van der Waals surface area contributed by atoms with E-state index in [0.29, 0.717) is 16.1 Å². The highest BCUT2D eigenvalue weighted by molar-refractivity contribution is 6.36. The minimum atomic E-state index is -0.462. The number of halogens is 2. The van der Waals surface area contributed by atoms with E-state index in [4.69, 9.17) is 23.2 Å². The van der Waals surface area contributed by atoms with E-state index in [1.807, 2.05) is 0 Å². The first-order valence-electron chi connectivity index (χ1n) is 5.11. The Morgan fingerprint density at radius 2 is 1.56 bits per heavy atom. The summed E-state index contributed by atoms with van der Waals surface area (Å²) in [6.45, 7) is -0.520. The van der Waals surface area contributed by atoms with Crippen LogP contribution in [0.1, 0.15) is 11.1 Å². The Kier molecular flexibility index (Phi) is 5.30. The van der Waals surface area contributed by atoms with Gasteiger partial charge in [0, 0.05) is 32.7 Å². The van der Waals surface area contributed by atoms with Gasteiger partial charge in [-0.25, -0.2) is 0 Å². The van der Waals surface area contributed by atoms with E-state index < -0.39 is 9.85 Å². The highest BCUT2D eigenvalue weighted by Crippen LogP contribution is 2.29. The molecular formula is C10H10Cl2N2O4. The van der Waals surface area contributed by atoms with E-state index in [9.17, 15) is 20.2 Å². The third-order valence-corrected chi connectivity index (χ3v) is 3.20. The number of nitrogens with zero attached hydrogens (tertiary/aromatic N) is 2. The van der Waals surface area contributed by atoms with Crippen LogP contribution in [-0.2, 0) is 12.8 Å². The van der Waals surface area contributed by atoms with Gasteiger partial charge in [0.2, 0.25) is 13.1 Å². The van der Waals surface area contributed by atoms with Gasteiger partial charge in [-0.05, 0) is 17.2 Å². The summed E-state index contributed by atoms with van der Waals surface area (Å²) in [4.78, 5) is 19.7. The molecule has 0 saturated carbocycles. The summed E-state index contributed by atoms with van der Waals surface area (Å²) in [6.07, 6.45) is 0.283. The first-order valence-corrected chi connectivity index (χ1v) is 5.86. The molecule has 0 atom stereocenters. The Labute approximate surface area is 113 Å². The highest BCUT2D eigenvalue weighted by atomic mass is 35.5. The van der Waals surface area contributed by atoms with Crippen LogP contribution in [0.4, 0.5) is 0 Å². The average molecular weight is 293 g/mol. The van der Waals surface area contributed by atoms with Crippen molar-refractivity contribution in [2.75, 3.05) is 13.1 Å². The van der Waals surface area contributed by atoms with Crippen LogP contribution < -0.4 is 0 Å². The molecule has 0 spiro atoms. The van der Waals surface area contributed by atoms with Crippen molar-refractivity contribution in [3.63, 3.8) is 0 Å². The quantitative estimate of drug-likeness (QED) is 0.596. The lowest BCUT2D eigenvalue weighted by atomic mass is 10.1. The molecule has 8 heteroatoms. The zero-order chi connectivity index (χ0) is 13.7. The third-order valence-electron chi connectivity index (χ3n) is 2.37. The van der Waals surface area contributed by atoms with E-state index in [0.717, 1.165) is 0 Å². The smallest absolute Gasteiger partial charge is 0.208 e. The summed E-state index contributed by atoms with van der Waals surface area (Å²) < 4.78 is 0. The molecule has 0 aliphatic heterocycles. The van der Waals surface area contributed by atoms with E-state index in [2.05, 4.69) is 0 Å². The van der Waals surface area contributed by atoms with Crippen molar-refractivity contribution < 1.29 is 9.85 Å². The molecule has 1 rings (SSSR count). The minimum Gasteiger partial charge on any atom is -0.265 e. The van der Waals surface area contributed by atoms with Crippen LogP contribution in [0.25, 0.3) is 0 Å². The molecular weight excluding hydrogens is 283 g/mol. The van der Waals surface area contributed by atoms with E-state index >= 15 is 0 Å². The second kappa shape index (κ2) is 6.51. The summed E-state index contributed by atoms with van der Waals surface area (Å²) in [5, 5.41) is 21.2. The Morgan fingerprint density at radius 3 is 2.11 bits per heavy atom. The Morgan fingerprint density at radius 1 is 1.00 bits per heavy atom. The molecule has 0 saturated heterocycles. The van der Waals surface area contributed by atoms with Gasteiger partial charge in [0.25, 0.3) is 0 Å². The molecule has 0 radical (unpaired) electrons. The number of rotatable bonds is 6. The first-order chi connectivity index (χ1) is 8.41. The van der Waals surface area contributed by atoms with Crippen LogP contribution in [-0.4, -0.2) is 22.9 Å². The Hall–Kier alpha value is -1.40. The first kappa shape index (κ1) is 14.7. The maximum absolute atomic E-state index is 10.3. The van der Waals surface area contributed by atoms with Crippen LogP contribution in [0.15, 0.2) is 12.1 Å². The van der Waals surface area contributed by atoms with Crippen LogP contribution in [0.3, 0.4) is 0 Å². The van der Waals surface area contributed by atoms with Gasteiger partial charge in [-0.15, -0.1) is 0 Å². The maximum atomic E-state index is 10.3. The van der Waals surface area contributed by atoms with Gasteiger partial charge in [-0.3, -0.25) is 20.2 Å². The van der Waals surface area contributed by atoms with Gasteiger partial charge < -0.3 is 0 Å². The topological polar surface area (TPSA) is 86.3 Å². The average Bonchev–Trinajstić information content (AvgIpc) is 2.27. The van der Waals surface area contributed by atoms with Crippen molar-refractivity contribution in [1.29, 1.82) is 0 Å². The van der Waals surface area contributed by atoms with Gasteiger partial charge in [0.15, 0.2) is 0 Å². The van der Waals surface area contributed by atoms with Crippen molar-refractivity contribution in [2.45, 2.75) is 12.8 Å². The maximum Gasteiger partial charge on any atom is 0.208 e. The molecule has 0 heterocycles. The summed E-state index contributed by atoms with van der Waals surface area (Å²) >= 11 is 12.0. The molecule has 0 aliphatic rings. The van der Waals surface area contributed by atoms with Crippen molar-refractivity contribution >= 4 is 23.2 Å². The fourth-order valence-corrected chi connectivity index (χ4v) is 2.14. The minimum absolute atomic E-state index is 0.108. The molecule has 0 aromatic heterocycles. The largest absolute Gasteiger partial charge is 0.265 e. The molecule has 0 bridgehead atoms. The molecule has 0 unspecified atom stereocenters. The van der Waals surface area contributed by atoms with Crippen molar-refractivity contribution in [3.8, 4) is 0 Å². The van der Waals surface area contributed by atoms with E-state index in [1.165, 1.54) is 0 Å². The fraction of sp³-hybridized carbons (Fsp3) is 0.400. The van der Waals surface area contributed by atoms with Crippen molar-refractivity contribution in [3.05, 3.63) is 53.5 Å². The number of benzene rings is 1. The summed E-state index contributed by atoms with van der Waals surface area (Å²) in [6, 6.07) is 3.15. The molecule has 0 aliphatic carbocycles. The Balaban J connectivity index is 2.91. The molecule has 1 aromatic rings. The monoisotopic (exact) mass is 292 g/mol.